The van der Waals surface area contributed by atoms with Crippen LogP contribution in [0.5, 0.6) is 5.75 Å². The largest absolute Gasteiger partial charge is 0.497 e. The number of methoxy groups -OCH3 is 1. The van der Waals surface area contributed by atoms with E-state index in [9.17, 15) is 4.79 Å². The number of aromatic nitrogens is 4. The zero-order chi connectivity index (χ0) is 21.6. The summed E-state index contributed by atoms with van der Waals surface area (Å²) in [4.78, 5) is 16.7. The molecule has 0 saturated carbocycles. The van der Waals surface area contributed by atoms with Crippen LogP contribution in [-0.2, 0) is 11.2 Å². The van der Waals surface area contributed by atoms with E-state index in [0.29, 0.717) is 16.7 Å². The first-order valence-electron chi connectivity index (χ1n) is 9.63. The van der Waals surface area contributed by atoms with Crippen molar-refractivity contribution in [1.82, 2.24) is 19.7 Å². The van der Waals surface area contributed by atoms with Crippen molar-refractivity contribution in [3.8, 4) is 11.4 Å². The lowest BCUT2D eigenvalue weighted by Crippen LogP contribution is -2.22. The Morgan fingerprint density at radius 2 is 1.94 bits per heavy atom. The number of carbonyl (C=O) groups is 1. The Kier molecular flexibility index (Phi) is 6.63. The molecule has 0 aliphatic carbocycles. The molecule has 0 radical (unpaired) electrons. The van der Waals surface area contributed by atoms with Gasteiger partial charge in [0.15, 0.2) is 10.3 Å². The van der Waals surface area contributed by atoms with Crippen molar-refractivity contribution in [3.05, 3.63) is 77.6 Å². The Balaban J connectivity index is 1.59. The maximum atomic E-state index is 12.6. The summed E-state index contributed by atoms with van der Waals surface area (Å²) in [6.07, 6.45) is 2.27. The molecule has 1 N–H and O–H groups in total. The Hall–Kier alpha value is -3.17. The van der Waals surface area contributed by atoms with E-state index in [4.69, 9.17) is 4.74 Å². The van der Waals surface area contributed by atoms with Gasteiger partial charge in [0, 0.05) is 23.7 Å². The van der Waals surface area contributed by atoms with Crippen molar-refractivity contribution in [2.24, 2.45) is 0 Å². The zero-order valence-corrected chi connectivity index (χ0v) is 18.7. The first-order valence-corrected chi connectivity index (χ1v) is 11.4. The predicted molar refractivity (Wildman–Crippen MR) is 123 cm³/mol. The van der Waals surface area contributed by atoms with Crippen LogP contribution in [0.1, 0.15) is 18.3 Å². The Labute approximate surface area is 188 Å². The fourth-order valence-electron chi connectivity index (χ4n) is 2.96. The molecule has 0 aliphatic rings. The minimum absolute atomic E-state index is 0.126. The third kappa shape index (κ3) is 5.12. The number of nitrogens with zero attached hydrogens (tertiary/aromatic N) is 4. The number of carbonyl (C=O) groups excluding carboxylic acids is 1. The van der Waals surface area contributed by atoms with E-state index < -0.39 is 0 Å². The maximum Gasteiger partial charge on any atom is 0.239 e. The van der Waals surface area contributed by atoms with Crippen molar-refractivity contribution in [2.75, 3.05) is 12.4 Å². The topological polar surface area (TPSA) is 81.9 Å². The van der Waals surface area contributed by atoms with E-state index in [1.54, 1.807) is 13.3 Å². The van der Waals surface area contributed by atoms with Gasteiger partial charge in [-0.25, -0.2) is 4.98 Å². The number of hydrogen-bond donors (Lipinski definition) is 1. The van der Waals surface area contributed by atoms with Crippen LogP contribution in [0.25, 0.3) is 5.69 Å². The molecule has 2 aromatic heterocycles. The highest BCUT2D eigenvalue weighted by Gasteiger charge is 2.22. The normalized spacial score (nSPS) is 11.8. The minimum atomic E-state index is -0.371. The third-order valence-electron chi connectivity index (χ3n) is 4.55. The van der Waals surface area contributed by atoms with Crippen molar-refractivity contribution in [3.63, 3.8) is 0 Å². The van der Waals surface area contributed by atoms with E-state index in [-0.39, 0.29) is 11.2 Å². The van der Waals surface area contributed by atoms with Gasteiger partial charge in [0.25, 0.3) is 0 Å². The lowest BCUT2D eigenvalue weighted by molar-refractivity contribution is -0.115. The molecule has 2 aromatic carbocycles. The molecule has 0 saturated heterocycles. The number of para-hydroxylation sites is 1. The average molecular weight is 452 g/mol. The first-order chi connectivity index (χ1) is 15.1. The molecular formula is C22H21N5O2S2. The van der Waals surface area contributed by atoms with Gasteiger partial charge in [0.2, 0.25) is 5.91 Å². The molecular weight excluding hydrogens is 430 g/mol. The highest BCUT2D eigenvalue weighted by Crippen LogP contribution is 2.28. The molecule has 7 nitrogen and oxygen atoms in total. The number of rotatable bonds is 8. The zero-order valence-electron chi connectivity index (χ0n) is 17.1. The molecule has 31 heavy (non-hydrogen) atoms. The van der Waals surface area contributed by atoms with Gasteiger partial charge in [0.1, 0.15) is 11.6 Å². The van der Waals surface area contributed by atoms with Gasteiger partial charge in [-0.15, -0.1) is 21.5 Å². The number of amides is 1. The summed E-state index contributed by atoms with van der Waals surface area (Å²) in [5.74, 6) is 1.48. The quantitative estimate of drug-likeness (QED) is 0.399. The molecule has 1 atom stereocenters. The fourth-order valence-corrected chi connectivity index (χ4v) is 4.38. The fraction of sp³-hybridized carbons (Fsp3) is 0.182. The lowest BCUT2D eigenvalue weighted by Gasteiger charge is -2.13. The number of anilines is 1. The highest BCUT2D eigenvalue weighted by atomic mass is 32.2. The summed E-state index contributed by atoms with van der Waals surface area (Å²) in [5, 5.41) is 14.4. The summed E-state index contributed by atoms with van der Waals surface area (Å²) in [5.41, 5.74) is 2.04. The smallest absolute Gasteiger partial charge is 0.239 e. The van der Waals surface area contributed by atoms with E-state index in [0.717, 1.165) is 22.8 Å². The monoisotopic (exact) mass is 451 g/mol. The second-order valence-corrected chi connectivity index (χ2v) is 8.88. The van der Waals surface area contributed by atoms with Gasteiger partial charge in [-0.05, 0) is 36.8 Å². The Morgan fingerprint density at radius 3 is 2.61 bits per heavy atom. The number of benzene rings is 2. The lowest BCUT2D eigenvalue weighted by atomic mass is 10.1. The van der Waals surface area contributed by atoms with E-state index in [2.05, 4.69) is 20.5 Å². The molecule has 1 amide bonds. The van der Waals surface area contributed by atoms with Crippen molar-refractivity contribution in [2.45, 2.75) is 23.8 Å². The summed E-state index contributed by atoms with van der Waals surface area (Å²) in [6, 6.07) is 17.8. The Morgan fingerprint density at radius 1 is 1.16 bits per heavy atom. The molecule has 158 valence electrons. The molecule has 4 rings (SSSR count). The first kappa shape index (κ1) is 21.1. The van der Waals surface area contributed by atoms with Crippen LogP contribution < -0.4 is 10.1 Å². The van der Waals surface area contributed by atoms with Gasteiger partial charge < -0.3 is 10.1 Å². The molecule has 0 aliphatic heterocycles. The molecule has 9 heteroatoms. The van der Waals surface area contributed by atoms with Gasteiger partial charge in [-0.1, -0.05) is 42.1 Å². The average Bonchev–Trinajstić information content (AvgIpc) is 3.45. The highest BCUT2D eigenvalue weighted by molar-refractivity contribution is 8.00. The summed E-state index contributed by atoms with van der Waals surface area (Å²) in [6.45, 7) is 1.85. The van der Waals surface area contributed by atoms with Crippen molar-refractivity contribution < 1.29 is 9.53 Å². The number of ether oxygens (including phenoxy) is 1. The van der Waals surface area contributed by atoms with E-state index >= 15 is 0 Å². The number of nitrogens with one attached hydrogen (secondary N) is 1. The molecule has 2 heterocycles. The predicted octanol–water partition coefficient (Wildman–Crippen LogP) is 4.44. The maximum absolute atomic E-state index is 12.6. The molecule has 4 aromatic rings. The molecule has 0 bridgehead atoms. The van der Waals surface area contributed by atoms with Crippen LogP contribution >= 0.6 is 23.1 Å². The van der Waals surface area contributed by atoms with Crippen molar-refractivity contribution in [1.29, 1.82) is 0 Å². The number of thioether (sulfide) groups is 1. The molecule has 0 spiro atoms. The second kappa shape index (κ2) is 9.76. The van der Waals surface area contributed by atoms with Crippen molar-refractivity contribution >= 4 is 34.1 Å². The second-order valence-electron chi connectivity index (χ2n) is 6.68. The summed E-state index contributed by atoms with van der Waals surface area (Å²) in [7, 11) is 1.65. The van der Waals surface area contributed by atoms with Crippen LogP contribution in [-0.4, -0.2) is 38.0 Å². The standard InChI is InChI=1S/C22H21N5O2S2/c1-15(20(28)24-21-23-12-13-30-21)31-22-26-25-19(27(22)17-6-4-3-5-7-17)14-16-8-10-18(29-2)11-9-16/h3-13,15H,14H2,1-2H3,(H,23,24,28). The minimum Gasteiger partial charge on any atom is -0.497 e. The van der Waals surface area contributed by atoms with Gasteiger partial charge >= 0.3 is 0 Å². The third-order valence-corrected chi connectivity index (χ3v) is 6.28. The SMILES string of the molecule is COc1ccc(Cc2nnc(SC(C)C(=O)Nc3nccs3)n2-c2ccccc2)cc1. The van der Waals surface area contributed by atoms with Crippen LogP contribution in [0.4, 0.5) is 5.13 Å². The number of hydrogen-bond acceptors (Lipinski definition) is 7. The van der Waals surface area contributed by atoms with Crippen LogP contribution in [0.15, 0.2) is 71.3 Å². The summed E-state index contributed by atoms with van der Waals surface area (Å²) >= 11 is 2.76. The van der Waals surface area contributed by atoms with Gasteiger partial charge in [-0.2, -0.15) is 0 Å². The van der Waals surface area contributed by atoms with E-state index in [1.165, 1.54) is 23.1 Å². The van der Waals surface area contributed by atoms with Crippen LogP contribution in [0.2, 0.25) is 0 Å². The van der Waals surface area contributed by atoms with Gasteiger partial charge in [0.05, 0.1) is 12.4 Å². The van der Waals surface area contributed by atoms with Crippen LogP contribution in [0, 0.1) is 0 Å². The molecule has 0 fully saturated rings. The molecule has 1 unspecified atom stereocenters. The Bertz CT molecular complexity index is 1130. The number of thiazole rings is 1. The van der Waals surface area contributed by atoms with Crippen LogP contribution in [0.3, 0.4) is 0 Å². The van der Waals surface area contributed by atoms with E-state index in [1.807, 2.05) is 71.5 Å². The summed E-state index contributed by atoms with van der Waals surface area (Å²) < 4.78 is 7.24. The van der Waals surface area contributed by atoms with Gasteiger partial charge in [-0.3, -0.25) is 9.36 Å².